The average Bonchev–Trinajstić information content (AvgIpc) is 3.04. The van der Waals surface area contributed by atoms with Gasteiger partial charge in [-0.2, -0.15) is 5.10 Å². The van der Waals surface area contributed by atoms with Gasteiger partial charge in [0.1, 0.15) is 0 Å². The number of carboxylic acid groups (broad SMARTS) is 1. The summed E-state index contributed by atoms with van der Waals surface area (Å²) in [6.45, 7) is 0.498. The summed E-state index contributed by atoms with van der Waals surface area (Å²) in [5.41, 5.74) is -0.693. The van der Waals surface area contributed by atoms with Crippen LogP contribution in [-0.4, -0.2) is 40.0 Å². The maximum Gasteiger partial charge on any atom is 0.319 e. The van der Waals surface area contributed by atoms with Crippen LogP contribution in [0.2, 0.25) is 5.02 Å². The minimum atomic E-state index is -1.47. The van der Waals surface area contributed by atoms with E-state index in [2.05, 4.69) is 10.4 Å². The molecule has 0 atom stereocenters. The monoisotopic (exact) mass is 349 g/mol. The number of rotatable bonds is 4. The predicted octanol–water partition coefficient (Wildman–Crippen LogP) is 2.35. The van der Waals surface area contributed by atoms with Crippen LogP contribution >= 0.6 is 11.6 Å². The van der Waals surface area contributed by atoms with Crippen molar-refractivity contribution in [2.24, 2.45) is 5.41 Å². The summed E-state index contributed by atoms with van der Waals surface area (Å²) in [5.74, 6) is -1.41. The molecular weight excluding hydrogens is 334 g/mol. The Kier molecular flexibility index (Phi) is 4.55. The fourth-order valence-corrected chi connectivity index (χ4v) is 2.75. The number of hydrogen-bond acceptors (Lipinski definition) is 4. The van der Waals surface area contributed by atoms with Crippen LogP contribution in [0.3, 0.4) is 0 Å². The number of anilines is 1. The van der Waals surface area contributed by atoms with Crippen molar-refractivity contribution in [3.63, 3.8) is 0 Å². The molecule has 2 heterocycles. The number of aromatic nitrogens is 2. The van der Waals surface area contributed by atoms with Crippen molar-refractivity contribution in [1.82, 2.24) is 9.78 Å². The third kappa shape index (κ3) is 3.13. The Hall–Kier alpha value is -2.38. The Labute approximate surface area is 143 Å². The third-order valence-corrected chi connectivity index (χ3v) is 4.36. The van der Waals surface area contributed by atoms with Crippen molar-refractivity contribution in [2.75, 3.05) is 18.5 Å². The first-order valence-corrected chi connectivity index (χ1v) is 7.83. The van der Waals surface area contributed by atoms with Crippen LogP contribution < -0.4 is 5.32 Å². The molecule has 0 unspecified atom stereocenters. The molecule has 126 valence electrons. The maximum absolute atomic E-state index is 12.5. The van der Waals surface area contributed by atoms with E-state index in [0.29, 0.717) is 10.8 Å². The lowest BCUT2D eigenvalue weighted by atomic mass is 9.79. The van der Waals surface area contributed by atoms with Crippen LogP contribution in [0.1, 0.15) is 12.8 Å². The number of halogens is 1. The zero-order chi connectivity index (χ0) is 17.2. The van der Waals surface area contributed by atoms with Gasteiger partial charge in [0.15, 0.2) is 11.2 Å². The minimum Gasteiger partial charge on any atom is -0.480 e. The topological polar surface area (TPSA) is 93.4 Å². The number of amides is 1. The molecule has 1 amide bonds. The fraction of sp³-hybridized carbons (Fsp3) is 0.312. The summed E-state index contributed by atoms with van der Waals surface area (Å²) < 4.78 is 6.75. The van der Waals surface area contributed by atoms with E-state index in [9.17, 15) is 14.7 Å². The molecule has 3 rings (SSSR count). The summed E-state index contributed by atoms with van der Waals surface area (Å²) in [5, 5.41) is 17.0. The highest BCUT2D eigenvalue weighted by Gasteiger charge is 2.47. The van der Waals surface area contributed by atoms with Gasteiger partial charge in [-0.25, -0.2) is 4.68 Å². The molecule has 8 heteroatoms. The zero-order valence-corrected chi connectivity index (χ0v) is 13.5. The first-order valence-electron chi connectivity index (χ1n) is 7.45. The molecule has 24 heavy (non-hydrogen) atoms. The number of ether oxygens (including phenoxy) is 1. The molecule has 7 nitrogen and oxygen atoms in total. The van der Waals surface area contributed by atoms with Crippen molar-refractivity contribution in [3.8, 4) is 5.69 Å². The van der Waals surface area contributed by atoms with Gasteiger partial charge in [0, 0.05) is 30.5 Å². The molecule has 0 spiro atoms. The van der Waals surface area contributed by atoms with E-state index >= 15 is 0 Å². The predicted molar refractivity (Wildman–Crippen MR) is 87.3 cm³/mol. The van der Waals surface area contributed by atoms with E-state index in [-0.39, 0.29) is 26.1 Å². The number of aliphatic carboxylic acids is 1. The summed E-state index contributed by atoms with van der Waals surface area (Å²) in [6.07, 6.45) is 1.97. The molecule has 1 aliphatic heterocycles. The summed E-state index contributed by atoms with van der Waals surface area (Å²) >= 11 is 5.85. The SMILES string of the molecule is O=C(O)C1(C(=O)Nc2ccn(-c3ccc(Cl)cc3)n2)CCOCC1. The first kappa shape index (κ1) is 16.5. The molecule has 0 radical (unpaired) electrons. The smallest absolute Gasteiger partial charge is 0.319 e. The largest absolute Gasteiger partial charge is 0.480 e. The van der Waals surface area contributed by atoms with Crippen LogP contribution in [-0.2, 0) is 14.3 Å². The molecule has 2 N–H and O–H groups in total. The van der Waals surface area contributed by atoms with E-state index in [0.717, 1.165) is 5.69 Å². The standard InChI is InChI=1S/C16H16ClN3O4/c17-11-1-3-12(4-2-11)20-8-5-13(19-20)18-14(21)16(15(22)23)6-9-24-10-7-16/h1-5,8H,6-7,9-10H2,(H,22,23)(H,18,19,21). The number of nitrogens with one attached hydrogen (secondary N) is 1. The van der Waals surface area contributed by atoms with Crippen LogP contribution in [0, 0.1) is 5.41 Å². The summed E-state index contributed by atoms with van der Waals surface area (Å²) in [7, 11) is 0. The molecule has 0 bridgehead atoms. The van der Waals surface area contributed by atoms with Gasteiger partial charge in [0.05, 0.1) is 5.69 Å². The Morgan fingerprint density at radius 3 is 2.50 bits per heavy atom. The van der Waals surface area contributed by atoms with Crippen molar-refractivity contribution in [1.29, 1.82) is 0 Å². The Morgan fingerprint density at radius 1 is 1.21 bits per heavy atom. The first-order chi connectivity index (χ1) is 11.5. The highest BCUT2D eigenvalue weighted by Crippen LogP contribution is 2.32. The van der Waals surface area contributed by atoms with Gasteiger partial charge in [-0.3, -0.25) is 9.59 Å². The van der Waals surface area contributed by atoms with E-state index in [1.165, 1.54) is 0 Å². The number of carbonyl (C=O) groups excluding carboxylic acids is 1. The zero-order valence-electron chi connectivity index (χ0n) is 12.7. The molecule has 2 aromatic rings. The summed E-state index contributed by atoms with van der Waals surface area (Å²) in [6, 6.07) is 8.66. The molecule has 1 saturated heterocycles. The van der Waals surface area contributed by atoms with Crippen molar-refractivity contribution in [2.45, 2.75) is 12.8 Å². The van der Waals surface area contributed by atoms with Crippen LogP contribution in [0.4, 0.5) is 5.82 Å². The van der Waals surface area contributed by atoms with Crippen molar-refractivity contribution in [3.05, 3.63) is 41.6 Å². The maximum atomic E-state index is 12.5. The minimum absolute atomic E-state index is 0.145. The molecule has 0 aliphatic carbocycles. The number of nitrogens with zero attached hydrogens (tertiary/aromatic N) is 2. The van der Waals surface area contributed by atoms with E-state index in [1.807, 2.05) is 0 Å². The molecule has 1 fully saturated rings. The van der Waals surface area contributed by atoms with Gasteiger partial charge < -0.3 is 15.2 Å². The Bertz CT molecular complexity index is 751. The normalized spacial score (nSPS) is 16.5. The van der Waals surface area contributed by atoms with E-state index < -0.39 is 17.3 Å². The fourth-order valence-electron chi connectivity index (χ4n) is 2.62. The number of carboxylic acids is 1. The third-order valence-electron chi connectivity index (χ3n) is 4.11. The van der Waals surface area contributed by atoms with Crippen molar-refractivity contribution < 1.29 is 19.4 Å². The molecule has 0 saturated carbocycles. The number of carbonyl (C=O) groups is 2. The van der Waals surface area contributed by atoms with Gasteiger partial charge in [-0.1, -0.05) is 11.6 Å². The lowest BCUT2D eigenvalue weighted by molar-refractivity contribution is -0.160. The molecule has 1 aromatic heterocycles. The van der Waals surface area contributed by atoms with Crippen LogP contribution in [0.15, 0.2) is 36.5 Å². The van der Waals surface area contributed by atoms with Crippen molar-refractivity contribution >= 4 is 29.3 Å². The van der Waals surface area contributed by atoms with Gasteiger partial charge in [-0.05, 0) is 37.1 Å². The molecule has 1 aromatic carbocycles. The number of hydrogen-bond donors (Lipinski definition) is 2. The van der Waals surface area contributed by atoms with Gasteiger partial charge in [0.25, 0.3) is 0 Å². The lowest BCUT2D eigenvalue weighted by Crippen LogP contribution is -2.47. The van der Waals surface area contributed by atoms with Crippen LogP contribution in [0.25, 0.3) is 5.69 Å². The number of benzene rings is 1. The average molecular weight is 350 g/mol. The van der Waals surface area contributed by atoms with Crippen LogP contribution in [0.5, 0.6) is 0 Å². The van der Waals surface area contributed by atoms with Gasteiger partial charge in [-0.15, -0.1) is 0 Å². The van der Waals surface area contributed by atoms with Gasteiger partial charge >= 0.3 is 5.97 Å². The Balaban J connectivity index is 1.77. The quantitative estimate of drug-likeness (QED) is 0.826. The molecular formula is C16H16ClN3O4. The highest BCUT2D eigenvalue weighted by atomic mass is 35.5. The van der Waals surface area contributed by atoms with E-state index in [1.54, 1.807) is 41.2 Å². The Morgan fingerprint density at radius 2 is 1.88 bits per heavy atom. The summed E-state index contributed by atoms with van der Waals surface area (Å²) in [4.78, 5) is 24.1. The van der Waals surface area contributed by atoms with E-state index in [4.69, 9.17) is 16.3 Å². The highest BCUT2D eigenvalue weighted by molar-refractivity contribution is 6.30. The second-order valence-electron chi connectivity index (χ2n) is 5.58. The second-order valence-corrected chi connectivity index (χ2v) is 6.01. The second kappa shape index (κ2) is 6.62. The molecule has 1 aliphatic rings. The lowest BCUT2D eigenvalue weighted by Gasteiger charge is -2.31. The van der Waals surface area contributed by atoms with Gasteiger partial charge in [0.2, 0.25) is 5.91 Å².